The smallest absolute Gasteiger partial charge is 0.321 e. The van der Waals surface area contributed by atoms with Gasteiger partial charge in [0.2, 0.25) is 0 Å². The molecule has 2 rings (SSSR count). The van der Waals surface area contributed by atoms with Gasteiger partial charge in [-0.25, -0.2) is 4.79 Å². The van der Waals surface area contributed by atoms with Gasteiger partial charge in [0, 0.05) is 42.6 Å². The first kappa shape index (κ1) is 20.3. The maximum Gasteiger partial charge on any atom is 0.321 e. The number of benzene rings is 1. The summed E-state index contributed by atoms with van der Waals surface area (Å²) < 4.78 is 5.34. The predicted molar refractivity (Wildman–Crippen MR) is 103 cm³/mol. The number of rotatable bonds is 8. The molecule has 1 fully saturated rings. The first-order valence-corrected chi connectivity index (χ1v) is 9.89. The van der Waals surface area contributed by atoms with Crippen LogP contribution in [0.5, 0.6) is 0 Å². The highest BCUT2D eigenvalue weighted by atomic mass is 35.5. The molecular formula is C17H26ClN3O3S. The Kier molecular flexibility index (Phi) is 8.84. The fourth-order valence-electron chi connectivity index (χ4n) is 2.60. The molecule has 1 heterocycles. The Labute approximate surface area is 158 Å². The predicted octanol–water partition coefficient (Wildman–Crippen LogP) is 2.61. The lowest BCUT2D eigenvalue weighted by Crippen LogP contribution is -2.45. The Hall–Kier alpha value is -0.990. The zero-order valence-electron chi connectivity index (χ0n) is 14.5. The molecule has 25 heavy (non-hydrogen) atoms. The van der Waals surface area contributed by atoms with Gasteiger partial charge in [-0.15, -0.1) is 11.8 Å². The molecule has 0 spiro atoms. The number of carbonyl (C=O) groups excluding carboxylic acids is 1. The maximum atomic E-state index is 12.7. The van der Waals surface area contributed by atoms with Crippen molar-refractivity contribution >= 4 is 35.1 Å². The molecule has 1 saturated heterocycles. The van der Waals surface area contributed by atoms with Crippen LogP contribution in [0.25, 0.3) is 0 Å². The summed E-state index contributed by atoms with van der Waals surface area (Å²) in [6.45, 7) is 6.83. The number of aliphatic hydroxyl groups is 1. The van der Waals surface area contributed by atoms with Crippen LogP contribution < -0.4 is 5.32 Å². The summed E-state index contributed by atoms with van der Waals surface area (Å²) in [5.74, 6) is 0.905. The van der Waals surface area contributed by atoms with E-state index in [1.165, 1.54) is 0 Å². The number of nitrogens with one attached hydrogen (secondary N) is 1. The fourth-order valence-corrected chi connectivity index (χ4v) is 3.51. The Balaban J connectivity index is 1.98. The third kappa shape index (κ3) is 6.67. The topological polar surface area (TPSA) is 65.0 Å². The van der Waals surface area contributed by atoms with Crippen LogP contribution in [-0.2, 0) is 4.74 Å². The van der Waals surface area contributed by atoms with Gasteiger partial charge in [0.05, 0.1) is 25.5 Å². The number of halogens is 1. The molecule has 2 N–H and O–H groups in total. The third-order valence-corrected chi connectivity index (χ3v) is 5.12. The SMILES string of the molecule is CCSc1ccc(Cl)cc1NC(=O)N(CCO)CCN1CCOCC1. The number of aliphatic hydroxyl groups excluding tert-OH is 1. The third-order valence-electron chi connectivity index (χ3n) is 3.93. The van der Waals surface area contributed by atoms with Gasteiger partial charge in [0.25, 0.3) is 0 Å². The molecule has 0 atom stereocenters. The van der Waals surface area contributed by atoms with E-state index in [0.29, 0.717) is 23.8 Å². The van der Waals surface area contributed by atoms with Gasteiger partial charge < -0.3 is 20.1 Å². The Morgan fingerprint density at radius 1 is 1.40 bits per heavy atom. The highest BCUT2D eigenvalue weighted by molar-refractivity contribution is 7.99. The fraction of sp³-hybridized carbons (Fsp3) is 0.588. The van der Waals surface area contributed by atoms with E-state index in [-0.39, 0.29) is 12.6 Å². The van der Waals surface area contributed by atoms with E-state index in [4.69, 9.17) is 16.3 Å². The second-order valence-electron chi connectivity index (χ2n) is 5.67. The Bertz CT molecular complexity index is 556. The van der Waals surface area contributed by atoms with Crippen LogP contribution in [0.1, 0.15) is 6.92 Å². The summed E-state index contributed by atoms with van der Waals surface area (Å²) in [6, 6.07) is 5.27. The molecule has 1 aromatic rings. The molecular weight excluding hydrogens is 362 g/mol. The minimum absolute atomic E-state index is 0.0668. The number of anilines is 1. The molecule has 0 aromatic heterocycles. The van der Waals surface area contributed by atoms with Crippen molar-refractivity contribution in [1.29, 1.82) is 0 Å². The number of hydrogen-bond donors (Lipinski definition) is 2. The molecule has 1 aliphatic heterocycles. The second-order valence-corrected chi connectivity index (χ2v) is 7.41. The molecule has 1 aromatic carbocycles. The quantitative estimate of drug-likeness (QED) is 0.671. The van der Waals surface area contributed by atoms with Gasteiger partial charge in [-0.3, -0.25) is 4.90 Å². The molecule has 0 bridgehead atoms. The van der Waals surface area contributed by atoms with Crippen LogP contribution in [0, 0.1) is 0 Å². The van der Waals surface area contributed by atoms with Crippen LogP contribution >= 0.6 is 23.4 Å². The Morgan fingerprint density at radius 3 is 2.84 bits per heavy atom. The first-order valence-electron chi connectivity index (χ1n) is 8.53. The zero-order valence-corrected chi connectivity index (χ0v) is 16.1. The van der Waals surface area contributed by atoms with Crippen molar-refractivity contribution in [3.8, 4) is 0 Å². The molecule has 8 heteroatoms. The first-order chi connectivity index (χ1) is 12.1. The number of ether oxygens (including phenoxy) is 1. The largest absolute Gasteiger partial charge is 0.395 e. The van der Waals surface area contributed by atoms with Crippen LogP contribution in [0.3, 0.4) is 0 Å². The van der Waals surface area contributed by atoms with Crippen molar-refractivity contribution in [2.24, 2.45) is 0 Å². The van der Waals surface area contributed by atoms with Crippen LogP contribution in [-0.4, -0.2) is 79.2 Å². The van der Waals surface area contributed by atoms with Crippen molar-refractivity contribution in [2.45, 2.75) is 11.8 Å². The highest BCUT2D eigenvalue weighted by Crippen LogP contribution is 2.30. The number of nitrogens with zero attached hydrogens (tertiary/aromatic N) is 2. The maximum absolute atomic E-state index is 12.7. The second kappa shape index (κ2) is 10.9. The molecule has 2 amide bonds. The molecule has 0 aliphatic carbocycles. The van der Waals surface area contributed by atoms with E-state index in [9.17, 15) is 9.90 Å². The monoisotopic (exact) mass is 387 g/mol. The van der Waals surface area contributed by atoms with E-state index in [0.717, 1.165) is 43.5 Å². The normalized spacial score (nSPS) is 15.2. The van der Waals surface area contributed by atoms with Crippen molar-refractivity contribution in [1.82, 2.24) is 9.80 Å². The molecule has 0 saturated carbocycles. The lowest BCUT2D eigenvalue weighted by atomic mass is 10.3. The number of morpholine rings is 1. The van der Waals surface area contributed by atoms with E-state index in [1.807, 2.05) is 12.1 Å². The highest BCUT2D eigenvalue weighted by Gasteiger charge is 2.17. The average molecular weight is 388 g/mol. The summed E-state index contributed by atoms with van der Waals surface area (Å²) in [6.07, 6.45) is 0. The van der Waals surface area contributed by atoms with E-state index < -0.39 is 0 Å². The summed E-state index contributed by atoms with van der Waals surface area (Å²) >= 11 is 7.72. The van der Waals surface area contributed by atoms with Crippen LogP contribution in [0.2, 0.25) is 5.02 Å². The summed E-state index contributed by atoms with van der Waals surface area (Å²) in [7, 11) is 0. The van der Waals surface area contributed by atoms with Gasteiger partial charge in [0.15, 0.2) is 0 Å². The van der Waals surface area contributed by atoms with Gasteiger partial charge in [0.1, 0.15) is 0 Å². The van der Waals surface area contributed by atoms with Gasteiger partial charge in [-0.05, 0) is 24.0 Å². The van der Waals surface area contributed by atoms with Gasteiger partial charge in [-0.2, -0.15) is 0 Å². The standard InChI is InChI=1S/C17H26ClN3O3S/c1-2-25-16-4-3-14(18)13-15(16)19-17(23)21(7-10-22)6-5-20-8-11-24-12-9-20/h3-4,13,22H,2,5-12H2,1H3,(H,19,23). The molecule has 140 valence electrons. The lowest BCUT2D eigenvalue weighted by Gasteiger charge is -2.30. The summed E-state index contributed by atoms with van der Waals surface area (Å²) in [4.78, 5) is 17.5. The number of urea groups is 1. The number of hydrogen-bond acceptors (Lipinski definition) is 5. The van der Waals surface area contributed by atoms with E-state index in [2.05, 4.69) is 17.1 Å². The summed E-state index contributed by atoms with van der Waals surface area (Å²) in [5.41, 5.74) is 0.707. The van der Waals surface area contributed by atoms with Gasteiger partial charge >= 0.3 is 6.03 Å². The molecule has 6 nitrogen and oxygen atoms in total. The molecule has 0 radical (unpaired) electrons. The van der Waals surface area contributed by atoms with E-state index in [1.54, 1.807) is 22.7 Å². The van der Waals surface area contributed by atoms with E-state index >= 15 is 0 Å². The number of thioether (sulfide) groups is 1. The lowest BCUT2D eigenvalue weighted by molar-refractivity contribution is 0.0346. The zero-order chi connectivity index (χ0) is 18.1. The van der Waals surface area contributed by atoms with Crippen LogP contribution in [0.4, 0.5) is 10.5 Å². The molecule has 1 aliphatic rings. The van der Waals surface area contributed by atoms with Gasteiger partial charge in [-0.1, -0.05) is 18.5 Å². The van der Waals surface area contributed by atoms with Crippen molar-refractivity contribution in [3.05, 3.63) is 23.2 Å². The van der Waals surface area contributed by atoms with Crippen LogP contribution in [0.15, 0.2) is 23.1 Å². The molecule has 0 unspecified atom stereocenters. The number of amides is 2. The summed E-state index contributed by atoms with van der Waals surface area (Å²) in [5, 5.41) is 12.8. The van der Waals surface area contributed by atoms with Crippen molar-refractivity contribution < 1.29 is 14.6 Å². The average Bonchev–Trinajstić information content (AvgIpc) is 2.62. The minimum Gasteiger partial charge on any atom is -0.395 e. The number of carbonyl (C=O) groups is 1. The minimum atomic E-state index is -0.220. The van der Waals surface area contributed by atoms with Crippen molar-refractivity contribution in [2.75, 3.05) is 63.6 Å². The van der Waals surface area contributed by atoms with Crippen molar-refractivity contribution in [3.63, 3.8) is 0 Å². The Morgan fingerprint density at radius 2 is 2.16 bits per heavy atom.